The number of carboxylic acids is 1. The van der Waals surface area contributed by atoms with Gasteiger partial charge in [-0.05, 0) is 18.8 Å². The van der Waals surface area contributed by atoms with Crippen molar-refractivity contribution in [2.24, 2.45) is 17.6 Å². The van der Waals surface area contributed by atoms with Crippen molar-refractivity contribution in [3.63, 3.8) is 0 Å². The molecule has 0 bridgehead atoms. The van der Waals surface area contributed by atoms with Crippen LogP contribution < -0.4 is 16.4 Å². The molecule has 0 spiro atoms. The molecule has 0 aliphatic carbocycles. The van der Waals surface area contributed by atoms with Gasteiger partial charge in [-0.2, -0.15) is 4.98 Å². The first-order chi connectivity index (χ1) is 12.6. The molecule has 0 radical (unpaired) electrons. The van der Waals surface area contributed by atoms with E-state index in [1.807, 2.05) is 27.7 Å². The molecule has 0 aliphatic rings. The third-order valence-corrected chi connectivity index (χ3v) is 4.81. The highest BCUT2D eigenvalue weighted by Gasteiger charge is 2.31. The fourth-order valence-electron chi connectivity index (χ4n) is 2.41. The number of urea groups is 1. The van der Waals surface area contributed by atoms with Crippen molar-refractivity contribution in [3.05, 3.63) is 11.7 Å². The highest BCUT2D eigenvalue weighted by atomic mass is 16.5. The number of aliphatic hydroxyl groups is 1. The molecule has 6 N–H and O–H groups in total. The largest absolute Gasteiger partial charge is 0.480 e. The van der Waals surface area contributed by atoms with E-state index in [-0.39, 0.29) is 23.8 Å². The molecule has 6 atom stereocenters. The summed E-state index contributed by atoms with van der Waals surface area (Å²) in [7, 11) is 0. The Kier molecular flexibility index (Phi) is 8.64. The van der Waals surface area contributed by atoms with E-state index in [1.54, 1.807) is 0 Å². The molecule has 1 aromatic rings. The molecule has 0 fully saturated rings. The number of hydrogen-bond donors (Lipinski definition) is 5. The number of hydrogen-bond acceptors (Lipinski definition) is 7. The van der Waals surface area contributed by atoms with Gasteiger partial charge in [0.1, 0.15) is 6.04 Å². The second-order valence-electron chi connectivity index (χ2n) is 6.94. The van der Waals surface area contributed by atoms with Crippen LogP contribution in [0.4, 0.5) is 4.79 Å². The molecule has 0 saturated heterocycles. The van der Waals surface area contributed by atoms with Gasteiger partial charge in [-0.1, -0.05) is 45.7 Å². The quantitative estimate of drug-likeness (QED) is 0.402. The van der Waals surface area contributed by atoms with Gasteiger partial charge in [-0.15, -0.1) is 0 Å². The number of carbonyl (C=O) groups excluding carboxylic acids is 1. The van der Waals surface area contributed by atoms with Crippen LogP contribution in [-0.2, 0) is 4.79 Å². The Bertz CT molecular complexity index is 621. The molecular formula is C17H31N5O5. The fourth-order valence-corrected chi connectivity index (χ4v) is 2.41. The van der Waals surface area contributed by atoms with Crippen molar-refractivity contribution in [2.75, 3.05) is 0 Å². The molecule has 0 aliphatic heterocycles. The molecule has 5 unspecified atom stereocenters. The van der Waals surface area contributed by atoms with Gasteiger partial charge >= 0.3 is 12.0 Å². The minimum atomic E-state index is -1.43. The summed E-state index contributed by atoms with van der Waals surface area (Å²) in [5.74, 6) is -0.658. The third kappa shape index (κ3) is 6.17. The first-order valence-electron chi connectivity index (χ1n) is 9.19. The van der Waals surface area contributed by atoms with Crippen LogP contribution in [0.2, 0.25) is 0 Å². The van der Waals surface area contributed by atoms with Crippen molar-refractivity contribution in [1.29, 1.82) is 0 Å². The second-order valence-corrected chi connectivity index (χ2v) is 6.94. The van der Waals surface area contributed by atoms with E-state index < -0.39 is 30.2 Å². The highest BCUT2D eigenvalue weighted by molar-refractivity contribution is 5.83. The van der Waals surface area contributed by atoms with Crippen LogP contribution in [0.5, 0.6) is 0 Å². The van der Waals surface area contributed by atoms with Crippen molar-refractivity contribution in [2.45, 2.75) is 71.7 Å². The number of nitrogens with one attached hydrogen (secondary N) is 2. The summed E-state index contributed by atoms with van der Waals surface area (Å²) >= 11 is 0. The van der Waals surface area contributed by atoms with Crippen LogP contribution in [0.25, 0.3) is 0 Å². The van der Waals surface area contributed by atoms with Crippen molar-refractivity contribution >= 4 is 12.0 Å². The molecular weight excluding hydrogens is 354 g/mol. The summed E-state index contributed by atoms with van der Waals surface area (Å²) in [6, 6.07) is -3.19. The van der Waals surface area contributed by atoms with Gasteiger partial charge in [0.15, 0.2) is 11.9 Å². The minimum absolute atomic E-state index is 0.0568. The van der Waals surface area contributed by atoms with E-state index in [1.165, 1.54) is 6.92 Å². The molecule has 1 heterocycles. The lowest BCUT2D eigenvalue weighted by Crippen LogP contribution is -2.52. The summed E-state index contributed by atoms with van der Waals surface area (Å²) in [6.07, 6.45) is 0.314. The normalized spacial score (nSPS) is 18.0. The summed E-state index contributed by atoms with van der Waals surface area (Å²) in [4.78, 5) is 27.7. The number of amides is 2. The van der Waals surface area contributed by atoms with Gasteiger partial charge in [0.2, 0.25) is 5.89 Å². The van der Waals surface area contributed by atoms with Crippen molar-refractivity contribution < 1.29 is 24.3 Å². The number of rotatable bonds is 10. The number of nitrogens with zero attached hydrogens (tertiary/aromatic N) is 2. The lowest BCUT2D eigenvalue weighted by molar-refractivity contribution is -0.141. The average Bonchev–Trinajstić information content (AvgIpc) is 3.11. The number of carbonyl (C=O) groups is 2. The first kappa shape index (κ1) is 22.8. The Hall–Kier alpha value is -2.20. The Morgan fingerprint density at radius 1 is 1.15 bits per heavy atom. The molecule has 0 aromatic carbocycles. The summed E-state index contributed by atoms with van der Waals surface area (Å²) in [5, 5.41) is 27.4. The van der Waals surface area contributed by atoms with Crippen LogP contribution >= 0.6 is 0 Å². The molecule has 1 rings (SSSR count). The average molecular weight is 385 g/mol. The van der Waals surface area contributed by atoms with Gasteiger partial charge in [0, 0.05) is 0 Å². The van der Waals surface area contributed by atoms with E-state index in [0.717, 1.165) is 6.42 Å². The number of carboxylic acid groups (broad SMARTS) is 1. The molecule has 2 amide bonds. The Morgan fingerprint density at radius 2 is 1.74 bits per heavy atom. The smallest absolute Gasteiger partial charge is 0.328 e. The Morgan fingerprint density at radius 3 is 2.22 bits per heavy atom. The second kappa shape index (κ2) is 10.2. The molecule has 10 heteroatoms. The summed E-state index contributed by atoms with van der Waals surface area (Å²) in [5.41, 5.74) is 6.13. The number of nitrogens with two attached hydrogens (primary N) is 1. The van der Waals surface area contributed by atoms with Gasteiger partial charge in [-0.25, -0.2) is 9.59 Å². The SMILES string of the molecule is CCC(C)C(N)c1noc(C(NC(=O)NC(C(=O)O)C(C)O)[C@@H](C)CC)n1. The van der Waals surface area contributed by atoms with E-state index in [0.29, 0.717) is 12.2 Å². The van der Waals surface area contributed by atoms with E-state index in [2.05, 4.69) is 20.8 Å². The maximum atomic E-state index is 12.3. The van der Waals surface area contributed by atoms with Crippen molar-refractivity contribution in [3.8, 4) is 0 Å². The zero-order chi connectivity index (χ0) is 20.7. The monoisotopic (exact) mass is 385 g/mol. The first-order valence-corrected chi connectivity index (χ1v) is 9.19. The molecule has 1 aromatic heterocycles. The molecule has 0 saturated carbocycles. The highest BCUT2D eigenvalue weighted by Crippen LogP contribution is 2.26. The van der Waals surface area contributed by atoms with Crippen LogP contribution in [0.1, 0.15) is 71.3 Å². The zero-order valence-corrected chi connectivity index (χ0v) is 16.5. The number of aliphatic hydroxyl groups excluding tert-OH is 1. The Balaban J connectivity index is 2.96. The van der Waals surface area contributed by atoms with Crippen LogP contribution in [-0.4, -0.2) is 44.5 Å². The van der Waals surface area contributed by atoms with E-state index in [9.17, 15) is 14.7 Å². The van der Waals surface area contributed by atoms with Crippen LogP contribution in [0, 0.1) is 11.8 Å². The minimum Gasteiger partial charge on any atom is -0.480 e. The van der Waals surface area contributed by atoms with Crippen LogP contribution in [0.15, 0.2) is 4.52 Å². The maximum Gasteiger partial charge on any atom is 0.328 e. The topological polar surface area (TPSA) is 164 Å². The fraction of sp³-hybridized carbons (Fsp3) is 0.765. The summed E-state index contributed by atoms with van der Waals surface area (Å²) < 4.78 is 5.32. The lowest BCUT2D eigenvalue weighted by Gasteiger charge is -2.23. The predicted octanol–water partition coefficient (Wildman–Crippen LogP) is 1.34. The lowest BCUT2D eigenvalue weighted by atomic mass is 9.98. The summed E-state index contributed by atoms with van der Waals surface area (Å²) in [6.45, 7) is 9.12. The van der Waals surface area contributed by atoms with Crippen LogP contribution in [0.3, 0.4) is 0 Å². The van der Waals surface area contributed by atoms with Gasteiger partial charge in [-0.3, -0.25) is 0 Å². The number of aromatic nitrogens is 2. The maximum absolute atomic E-state index is 12.3. The zero-order valence-electron chi connectivity index (χ0n) is 16.5. The van der Waals surface area contributed by atoms with E-state index >= 15 is 0 Å². The number of aliphatic carboxylic acids is 1. The molecule has 27 heavy (non-hydrogen) atoms. The molecule has 10 nitrogen and oxygen atoms in total. The molecule has 154 valence electrons. The standard InChI is InChI=1S/C17H31N5O5/c1-6-8(3)11(18)14-21-15(27-22-14)12(9(4)7-2)19-17(26)20-13(10(5)23)16(24)25/h8-13,23H,6-7,18H2,1-5H3,(H,24,25)(H2,19,20,26)/t8?,9-,10?,11?,12?,13?/m0/s1. The predicted molar refractivity (Wildman–Crippen MR) is 97.6 cm³/mol. The van der Waals surface area contributed by atoms with Gasteiger partial charge < -0.3 is 31.1 Å². The Labute approximate surface area is 158 Å². The van der Waals surface area contributed by atoms with Crippen molar-refractivity contribution in [1.82, 2.24) is 20.8 Å². The third-order valence-electron chi connectivity index (χ3n) is 4.81. The van der Waals surface area contributed by atoms with Gasteiger partial charge in [0.05, 0.1) is 12.1 Å². The van der Waals surface area contributed by atoms with Gasteiger partial charge in [0.25, 0.3) is 0 Å². The van der Waals surface area contributed by atoms with E-state index in [4.69, 9.17) is 15.4 Å².